The molecule has 0 atom stereocenters. The summed E-state index contributed by atoms with van der Waals surface area (Å²) in [4.78, 5) is 4.00. The molecule has 0 bridgehead atoms. The summed E-state index contributed by atoms with van der Waals surface area (Å²) in [5, 5.41) is 11.9. The van der Waals surface area contributed by atoms with Crippen LogP contribution in [0, 0.1) is 17.1 Å². The molecule has 3 aromatic rings. The van der Waals surface area contributed by atoms with Crippen molar-refractivity contribution in [1.29, 1.82) is 5.26 Å². The second kappa shape index (κ2) is 7.21. The van der Waals surface area contributed by atoms with Gasteiger partial charge in [0.25, 0.3) is 10.0 Å². The van der Waals surface area contributed by atoms with Crippen molar-refractivity contribution in [1.82, 2.24) is 4.98 Å². The van der Waals surface area contributed by atoms with Crippen molar-refractivity contribution in [3.05, 3.63) is 78.2 Å². The van der Waals surface area contributed by atoms with E-state index in [1.807, 2.05) is 6.07 Å². The largest absolute Gasteiger partial charge is 0.354 e. The fourth-order valence-electron chi connectivity index (χ4n) is 2.13. The Morgan fingerprint density at radius 1 is 0.923 bits per heavy atom. The monoisotopic (exact) mass is 368 g/mol. The number of nitrogens with one attached hydrogen (secondary N) is 2. The predicted octanol–water partition coefficient (Wildman–Crippen LogP) is 3.64. The third kappa shape index (κ3) is 4.15. The van der Waals surface area contributed by atoms with Gasteiger partial charge in [0.05, 0.1) is 28.4 Å². The second-order valence-electron chi connectivity index (χ2n) is 5.31. The molecule has 3 rings (SSSR count). The molecule has 2 aromatic carbocycles. The first-order valence-electron chi connectivity index (χ1n) is 7.48. The van der Waals surface area contributed by atoms with E-state index in [4.69, 9.17) is 5.26 Å². The number of nitriles is 1. The molecule has 0 saturated heterocycles. The lowest BCUT2D eigenvalue weighted by Crippen LogP contribution is -2.13. The maximum Gasteiger partial charge on any atom is 0.263 e. The van der Waals surface area contributed by atoms with Crippen LogP contribution in [-0.2, 0) is 10.0 Å². The minimum absolute atomic E-state index is 0.0551. The molecule has 0 saturated carbocycles. The van der Waals surface area contributed by atoms with Crippen LogP contribution < -0.4 is 10.0 Å². The fraction of sp³-hybridized carbons (Fsp3) is 0. The first kappa shape index (κ1) is 17.4. The molecule has 1 heterocycles. The van der Waals surface area contributed by atoms with Gasteiger partial charge in [0.1, 0.15) is 11.6 Å². The molecule has 0 aliphatic carbocycles. The molecule has 0 aliphatic heterocycles. The zero-order chi connectivity index (χ0) is 18.6. The van der Waals surface area contributed by atoms with Crippen LogP contribution in [0.3, 0.4) is 0 Å². The average molecular weight is 368 g/mol. The van der Waals surface area contributed by atoms with Crippen LogP contribution in [-0.4, -0.2) is 13.4 Å². The summed E-state index contributed by atoms with van der Waals surface area (Å²) in [5.74, 6) is -0.375. The number of hydrogen-bond acceptors (Lipinski definition) is 5. The molecule has 0 radical (unpaired) electrons. The minimum atomic E-state index is -3.84. The van der Waals surface area contributed by atoms with Crippen molar-refractivity contribution < 1.29 is 12.8 Å². The molecule has 8 heteroatoms. The number of anilines is 3. The van der Waals surface area contributed by atoms with Crippen molar-refractivity contribution in [2.24, 2.45) is 0 Å². The van der Waals surface area contributed by atoms with Gasteiger partial charge in [-0.2, -0.15) is 5.26 Å². The van der Waals surface area contributed by atoms with E-state index in [1.165, 1.54) is 24.4 Å². The number of halogens is 1. The highest BCUT2D eigenvalue weighted by Gasteiger charge is 2.14. The Morgan fingerprint density at radius 3 is 2.15 bits per heavy atom. The highest BCUT2D eigenvalue weighted by molar-refractivity contribution is 7.92. The standard InChI is InChI=1S/C18H13FN4O2S/c19-14-3-8-17(9-4-14)26(24,25)23-18-10-7-16(12-21-18)22-15-5-1-13(11-20)2-6-15/h1-10,12,22H,(H,21,23). The van der Waals surface area contributed by atoms with Gasteiger partial charge in [0.2, 0.25) is 0 Å². The van der Waals surface area contributed by atoms with Crippen LogP contribution >= 0.6 is 0 Å². The van der Waals surface area contributed by atoms with E-state index < -0.39 is 15.8 Å². The van der Waals surface area contributed by atoms with E-state index in [-0.39, 0.29) is 10.7 Å². The smallest absolute Gasteiger partial charge is 0.263 e. The molecule has 130 valence electrons. The quantitative estimate of drug-likeness (QED) is 0.717. The van der Waals surface area contributed by atoms with Gasteiger partial charge in [0.15, 0.2) is 0 Å². The molecular formula is C18H13FN4O2S. The Hall–Kier alpha value is -3.44. The topological polar surface area (TPSA) is 94.9 Å². The number of aromatic nitrogens is 1. The molecule has 0 spiro atoms. The Kier molecular flexibility index (Phi) is 4.82. The third-order valence-electron chi connectivity index (χ3n) is 3.43. The molecule has 0 aliphatic rings. The fourth-order valence-corrected chi connectivity index (χ4v) is 3.14. The van der Waals surface area contributed by atoms with Gasteiger partial charge < -0.3 is 5.32 Å². The van der Waals surface area contributed by atoms with Crippen molar-refractivity contribution in [3.63, 3.8) is 0 Å². The van der Waals surface area contributed by atoms with E-state index in [2.05, 4.69) is 15.0 Å². The van der Waals surface area contributed by atoms with Crippen molar-refractivity contribution >= 4 is 27.2 Å². The number of pyridine rings is 1. The Bertz CT molecular complexity index is 1040. The number of sulfonamides is 1. The van der Waals surface area contributed by atoms with Crippen LogP contribution in [0.1, 0.15) is 5.56 Å². The SMILES string of the molecule is N#Cc1ccc(Nc2ccc(NS(=O)(=O)c3ccc(F)cc3)nc2)cc1. The van der Waals surface area contributed by atoms with Gasteiger partial charge in [0, 0.05) is 5.69 Å². The van der Waals surface area contributed by atoms with Crippen LogP contribution in [0.25, 0.3) is 0 Å². The molecule has 0 unspecified atom stereocenters. The van der Waals surface area contributed by atoms with E-state index >= 15 is 0 Å². The summed E-state index contributed by atoms with van der Waals surface area (Å²) in [6, 6.07) is 16.6. The minimum Gasteiger partial charge on any atom is -0.354 e. The first-order chi connectivity index (χ1) is 12.5. The van der Waals surface area contributed by atoms with E-state index in [0.29, 0.717) is 11.3 Å². The zero-order valence-electron chi connectivity index (χ0n) is 13.3. The highest BCUT2D eigenvalue weighted by atomic mass is 32.2. The molecule has 1 aromatic heterocycles. The number of hydrogen-bond donors (Lipinski definition) is 2. The summed E-state index contributed by atoms with van der Waals surface area (Å²) in [6.07, 6.45) is 1.47. The van der Waals surface area contributed by atoms with Crippen LogP contribution in [0.2, 0.25) is 0 Å². The second-order valence-corrected chi connectivity index (χ2v) is 6.99. The highest BCUT2D eigenvalue weighted by Crippen LogP contribution is 2.19. The lowest BCUT2D eigenvalue weighted by molar-refractivity contribution is 0.599. The van der Waals surface area contributed by atoms with Gasteiger partial charge in [-0.25, -0.2) is 17.8 Å². The van der Waals surface area contributed by atoms with Gasteiger partial charge in [-0.3, -0.25) is 4.72 Å². The summed E-state index contributed by atoms with van der Waals surface area (Å²) >= 11 is 0. The van der Waals surface area contributed by atoms with Crippen LogP contribution in [0.5, 0.6) is 0 Å². The molecule has 6 nitrogen and oxygen atoms in total. The van der Waals surface area contributed by atoms with E-state index in [0.717, 1.165) is 17.8 Å². The summed E-state index contributed by atoms with van der Waals surface area (Å²) in [5.41, 5.74) is 1.98. The first-order valence-corrected chi connectivity index (χ1v) is 8.96. The molecule has 2 N–H and O–H groups in total. The third-order valence-corrected chi connectivity index (χ3v) is 4.80. The Labute approximate surface area is 150 Å². The Morgan fingerprint density at radius 2 is 1.58 bits per heavy atom. The van der Waals surface area contributed by atoms with Gasteiger partial charge in [-0.15, -0.1) is 0 Å². The van der Waals surface area contributed by atoms with E-state index in [1.54, 1.807) is 30.3 Å². The van der Waals surface area contributed by atoms with E-state index in [9.17, 15) is 12.8 Å². The average Bonchev–Trinajstić information content (AvgIpc) is 2.64. The zero-order valence-corrected chi connectivity index (χ0v) is 14.2. The summed E-state index contributed by atoms with van der Waals surface area (Å²) < 4.78 is 39.7. The van der Waals surface area contributed by atoms with Gasteiger partial charge >= 0.3 is 0 Å². The van der Waals surface area contributed by atoms with Gasteiger partial charge in [-0.05, 0) is 60.7 Å². The van der Waals surface area contributed by atoms with Crippen molar-refractivity contribution in [3.8, 4) is 6.07 Å². The molecule has 26 heavy (non-hydrogen) atoms. The number of benzene rings is 2. The van der Waals surface area contributed by atoms with Crippen LogP contribution in [0.15, 0.2) is 71.8 Å². The number of nitrogens with zero attached hydrogens (tertiary/aromatic N) is 2. The maximum absolute atomic E-state index is 12.9. The van der Waals surface area contributed by atoms with Crippen LogP contribution in [0.4, 0.5) is 21.6 Å². The maximum atomic E-state index is 12.9. The summed E-state index contributed by atoms with van der Waals surface area (Å²) in [7, 11) is -3.84. The Balaban J connectivity index is 1.71. The molecule has 0 amide bonds. The lowest BCUT2D eigenvalue weighted by Gasteiger charge is -2.09. The predicted molar refractivity (Wildman–Crippen MR) is 95.9 cm³/mol. The lowest BCUT2D eigenvalue weighted by atomic mass is 10.2. The number of rotatable bonds is 5. The van der Waals surface area contributed by atoms with Crippen molar-refractivity contribution in [2.75, 3.05) is 10.0 Å². The van der Waals surface area contributed by atoms with Crippen molar-refractivity contribution in [2.45, 2.75) is 4.90 Å². The summed E-state index contributed by atoms with van der Waals surface area (Å²) in [6.45, 7) is 0. The molecular weight excluding hydrogens is 355 g/mol. The molecule has 0 fully saturated rings. The normalized spacial score (nSPS) is 10.8. The van der Waals surface area contributed by atoms with Gasteiger partial charge in [-0.1, -0.05) is 0 Å².